The minimum absolute atomic E-state index is 0.607. The second-order valence-corrected chi connectivity index (χ2v) is 4.52. The van der Waals surface area contributed by atoms with Crippen LogP contribution < -0.4 is 5.32 Å². The summed E-state index contributed by atoms with van der Waals surface area (Å²) in [6, 6.07) is 2.01. The summed E-state index contributed by atoms with van der Waals surface area (Å²) in [7, 11) is 0. The fraction of sp³-hybridized carbons (Fsp3) is 0.692. The predicted octanol–water partition coefficient (Wildman–Crippen LogP) is 2.63. The summed E-state index contributed by atoms with van der Waals surface area (Å²) in [6.45, 7) is 3.96. The largest absolute Gasteiger partial charge is 0.311 e. The van der Waals surface area contributed by atoms with Crippen LogP contribution in [0.5, 0.6) is 0 Å². The van der Waals surface area contributed by atoms with Crippen molar-refractivity contribution >= 4 is 0 Å². The van der Waals surface area contributed by atoms with Crippen LogP contribution >= 0.6 is 0 Å². The van der Waals surface area contributed by atoms with E-state index in [2.05, 4.69) is 22.2 Å². The maximum Gasteiger partial charge on any atom is 0.131 e. The molecule has 0 saturated heterocycles. The summed E-state index contributed by atoms with van der Waals surface area (Å²) in [5, 5.41) is 3.30. The fourth-order valence-corrected chi connectivity index (χ4v) is 2.32. The molecule has 0 aromatic carbocycles. The lowest BCUT2D eigenvalue weighted by Gasteiger charge is -2.20. The Hall–Kier alpha value is -0.960. The molecule has 0 unspecified atom stereocenters. The molecule has 1 aromatic rings. The van der Waals surface area contributed by atoms with E-state index in [-0.39, 0.29) is 0 Å². The zero-order chi connectivity index (χ0) is 11.2. The molecule has 1 heterocycles. The van der Waals surface area contributed by atoms with Crippen molar-refractivity contribution in [1.29, 1.82) is 0 Å². The molecule has 1 N–H and O–H groups in total. The van der Waals surface area contributed by atoms with Gasteiger partial charge in [0, 0.05) is 18.7 Å². The number of nitrogens with zero attached hydrogens (tertiary/aromatic N) is 2. The lowest BCUT2D eigenvalue weighted by Crippen LogP contribution is -2.15. The number of nitrogens with one attached hydrogen (secondary N) is 1. The van der Waals surface area contributed by atoms with Crippen molar-refractivity contribution in [2.75, 3.05) is 6.54 Å². The molecule has 2 rings (SSSR count). The smallest absolute Gasteiger partial charge is 0.131 e. The van der Waals surface area contributed by atoms with Crippen LogP contribution in [0.25, 0.3) is 0 Å². The van der Waals surface area contributed by atoms with Crippen LogP contribution in [-0.2, 0) is 6.54 Å². The second-order valence-electron chi connectivity index (χ2n) is 4.52. The van der Waals surface area contributed by atoms with Crippen LogP contribution in [0.3, 0.4) is 0 Å². The van der Waals surface area contributed by atoms with Crippen LogP contribution in [-0.4, -0.2) is 16.5 Å². The zero-order valence-electron chi connectivity index (χ0n) is 10.1. The molecule has 0 aliphatic heterocycles. The number of aromatic nitrogens is 2. The molecule has 0 radical (unpaired) electrons. The molecule has 1 aromatic heterocycles. The highest BCUT2D eigenvalue weighted by Gasteiger charge is 2.17. The molecule has 88 valence electrons. The summed E-state index contributed by atoms with van der Waals surface area (Å²) < 4.78 is 0. The van der Waals surface area contributed by atoms with E-state index in [1.807, 2.05) is 12.3 Å². The van der Waals surface area contributed by atoms with Crippen molar-refractivity contribution in [2.24, 2.45) is 0 Å². The van der Waals surface area contributed by atoms with Crippen molar-refractivity contribution in [2.45, 2.75) is 51.5 Å². The molecule has 16 heavy (non-hydrogen) atoms. The van der Waals surface area contributed by atoms with Crippen LogP contribution in [0, 0.1) is 0 Å². The molecule has 3 heteroatoms. The Labute approximate surface area is 97.7 Å². The summed E-state index contributed by atoms with van der Waals surface area (Å²) in [4.78, 5) is 9.09. The average molecular weight is 219 g/mol. The Morgan fingerprint density at radius 3 is 2.88 bits per heavy atom. The lowest BCUT2D eigenvalue weighted by molar-refractivity contribution is 0.427. The lowest BCUT2D eigenvalue weighted by atomic mass is 9.88. The van der Waals surface area contributed by atoms with E-state index in [0.717, 1.165) is 24.6 Å². The average Bonchev–Trinajstić information content (AvgIpc) is 2.38. The summed E-state index contributed by atoms with van der Waals surface area (Å²) in [5.41, 5.74) is 1.12. The van der Waals surface area contributed by atoms with Crippen LogP contribution in [0.15, 0.2) is 12.3 Å². The molecular weight excluding hydrogens is 198 g/mol. The molecule has 0 amide bonds. The molecule has 0 bridgehead atoms. The van der Waals surface area contributed by atoms with E-state index in [0.29, 0.717) is 5.92 Å². The van der Waals surface area contributed by atoms with Crippen molar-refractivity contribution in [1.82, 2.24) is 15.3 Å². The van der Waals surface area contributed by atoms with Gasteiger partial charge >= 0.3 is 0 Å². The standard InChI is InChI=1S/C13H21N3/c1-2-14-10-12-8-9-15-13(16-12)11-6-4-3-5-7-11/h8-9,11,14H,2-7,10H2,1H3. The van der Waals surface area contributed by atoms with Gasteiger partial charge in [0.25, 0.3) is 0 Å². The van der Waals surface area contributed by atoms with Crippen molar-refractivity contribution in [3.63, 3.8) is 0 Å². The monoisotopic (exact) mass is 219 g/mol. The van der Waals surface area contributed by atoms with E-state index < -0.39 is 0 Å². The Balaban J connectivity index is 2.02. The van der Waals surface area contributed by atoms with E-state index in [9.17, 15) is 0 Å². The predicted molar refractivity (Wildman–Crippen MR) is 65.2 cm³/mol. The van der Waals surface area contributed by atoms with Gasteiger partial charge in [-0.3, -0.25) is 0 Å². The second kappa shape index (κ2) is 5.94. The van der Waals surface area contributed by atoms with Gasteiger partial charge in [-0.05, 0) is 25.5 Å². The first kappa shape index (κ1) is 11.5. The van der Waals surface area contributed by atoms with Gasteiger partial charge in [0.2, 0.25) is 0 Å². The van der Waals surface area contributed by atoms with Gasteiger partial charge in [0.1, 0.15) is 5.82 Å². The Kier molecular flexibility index (Phi) is 4.28. The SMILES string of the molecule is CCNCc1ccnc(C2CCCCC2)n1. The van der Waals surface area contributed by atoms with Gasteiger partial charge < -0.3 is 5.32 Å². The van der Waals surface area contributed by atoms with Crippen molar-refractivity contribution < 1.29 is 0 Å². The van der Waals surface area contributed by atoms with Crippen molar-refractivity contribution in [3.8, 4) is 0 Å². The number of hydrogen-bond acceptors (Lipinski definition) is 3. The first-order valence-electron chi connectivity index (χ1n) is 6.42. The van der Waals surface area contributed by atoms with Gasteiger partial charge in [-0.25, -0.2) is 9.97 Å². The maximum atomic E-state index is 4.66. The molecule has 0 spiro atoms. The first-order valence-corrected chi connectivity index (χ1v) is 6.42. The minimum atomic E-state index is 0.607. The number of rotatable bonds is 4. The Bertz CT molecular complexity index is 319. The van der Waals surface area contributed by atoms with Gasteiger partial charge in [-0.1, -0.05) is 26.2 Å². The first-order chi connectivity index (χ1) is 7.90. The third-order valence-corrected chi connectivity index (χ3v) is 3.26. The van der Waals surface area contributed by atoms with E-state index in [1.54, 1.807) is 0 Å². The third-order valence-electron chi connectivity index (χ3n) is 3.26. The van der Waals surface area contributed by atoms with E-state index >= 15 is 0 Å². The van der Waals surface area contributed by atoms with Crippen molar-refractivity contribution in [3.05, 3.63) is 23.8 Å². The summed E-state index contributed by atoms with van der Waals surface area (Å²) in [6.07, 6.45) is 8.50. The van der Waals surface area contributed by atoms with E-state index in [4.69, 9.17) is 0 Å². The topological polar surface area (TPSA) is 37.8 Å². The third kappa shape index (κ3) is 3.01. The zero-order valence-corrected chi connectivity index (χ0v) is 10.1. The molecule has 0 atom stereocenters. The number of hydrogen-bond donors (Lipinski definition) is 1. The molecular formula is C13H21N3. The van der Waals surface area contributed by atoms with Gasteiger partial charge in [0.15, 0.2) is 0 Å². The fourth-order valence-electron chi connectivity index (χ4n) is 2.32. The van der Waals surface area contributed by atoms with Crippen LogP contribution in [0.2, 0.25) is 0 Å². The minimum Gasteiger partial charge on any atom is -0.311 e. The Morgan fingerprint density at radius 2 is 2.12 bits per heavy atom. The summed E-state index contributed by atoms with van der Waals surface area (Å²) >= 11 is 0. The van der Waals surface area contributed by atoms with Gasteiger partial charge in [0.05, 0.1) is 5.69 Å². The highest BCUT2D eigenvalue weighted by atomic mass is 14.9. The Morgan fingerprint density at radius 1 is 1.31 bits per heavy atom. The molecule has 3 nitrogen and oxygen atoms in total. The highest BCUT2D eigenvalue weighted by molar-refractivity contribution is 5.06. The maximum absolute atomic E-state index is 4.66. The van der Waals surface area contributed by atoms with E-state index in [1.165, 1.54) is 32.1 Å². The molecule has 1 aliphatic carbocycles. The van der Waals surface area contributed by atoms with Crippen LogP contribution in [0.1, 0.15) is 56.5 Å². The molecule has 1 fully saturated rings. The normalized spacial score (nSPS) is 17.6. The highest BCUT2D eigenvalue weighted by Crippen LogP contribution is 2.30. The van der Waals surface area contributed by atoms with Gasteiger partial charge in [-0.2, -0.15) is 0 Å². The quantitative estimate of drug-likeness (QED) is 0.846. The van der Waals surface area contributed by atoms with Crippen LogP contribution in [0.4, 0.5) is 0 Å². The molecule has 1 aliphatic rings. The summed E-state index contributed by atoms with van der Waals surface area (Å²) in [5.74, 6) is 1.67. The molecule has 1 saturated carbocycles. The van der Waals surface area contributed by atoms with Gasteiger partial charge in [-0.15, -0.1) is 0 Å².